The lowest BCUT2D eigenvalue weighted by Crippen LogP contribution is -2.12. The zero-order valence-corrected chi connectivity index (χ0v) is 16.0. The highest BCUT2D eigenvalue weighted by atomic mass is 32.2. The number of benzene rings is 1. The van der Waals surface area contributed by atoms with Crippen LogP contribution in [0.1, 0.15) is 50.3 Å². The third-order valence-corrected chi connectivity index (χ3v) is 5.98. The molecule has 0 N–H and O–H groups in total. The van der Waals surface area contributed by atoms with E-state index < -0.39 is 14.9 Å². The van der Waals surface area contributed by atoms with Gasteiger partial charge in [0.2, 0.25) is 0 Å². The van der Waals surface area contributed by atoms with Crippen LogP contribution in [-0.4, -0.2) is 29.5 Å². The van der Waals surface area contributed by atoms with E-state index in [1.807, 2.05) is 4.68 Å². The standard InChI is InChI=1S/C18H23N3O5S/c1-27(24,25)17-10-8-14(9-11-17)18-12-15(13-26-21(22)23)19-20(18)16-6-4-2-3-5-7-16/h8-12,16H,2-7,13H2,1H3. The fourth-order valence-electron chi connectivity index (χ4n) is 3.50. The maximum Gasteiger partial charge on any atom is 0.294 e. The van der Waals surface area contributed by atoms with Crippen molar-refractivity contribution in [2.24, 2.45) is 0 Å². The van der Waals surface area contributed by atoms with Crippen LogP contribution in [0.2, 0.25) is 0 Å². The summed E-state index contributed by atoms with van der Waals surface area (Å²) in [6.07, 6.45) is 7.83. The van der Waals surface area contributed by atoms with Gasteiger partial charge in [-0.25, -0.2) is 8.42 Å². The van der Waals surface area contributed by atoms with Crippen molar-refractivity contribution in [3.05, 3.63) is 46.1 Å². The molecule has 3 rings (SSSR count). The van der Waals surface area contributed by atoms with E-state index in [0.29, 0.717) is 5.69 Å². The average Bonchev–Trinajstić information content (AvgIpc) is 2.85. The number of nitrogens with zero attached hydrogens (tertiary/aromatic N) is 3. The van der Waals surface area contributed by atoms with Crippen LogP contribution in [0.5, 0.6) is 0 Å². The second-order valence-corrected chi connectivity index (χ2v) is 8.92. The van der Waals surface area contributed by atoms with Crippen LogP contribution in [0.15, 0.2) is 35.2 Å². The van der Waals surface area contributed by atoms with Gasteiger partial charge >= 0.3 is 0 Å². The Morgan fingerprint density at radius 1 is 1.19 bits per heavy atom. The zero-order chi connectivity index (χ0) is 19.4. The predicted octanol–water partition coefficient (Wildman–Crippen LogP) is 3.56. The van der Waals surface area contributed by atoms with Gasteiger partial charge in [0.25, 0.3) is 5.09 Å². The fraction of sp³-hybridized carbons (Fsp3) is 0.500. The molecular formula is C18H23N3O5S. The summed E-state index contributed by atoms with van der Waals surface area (Å²) in [7, 11) is -3.27. The summed E-state index contributed by atoms with van der Waals surface area (Å²) in [5.41, 5.74) is 2.13. The maximum absolute atomic E-state index is 11.7. The van der Waals surface area contributed by atoms with Gasteiger partial charge in [0.05, 0.1) is 22.3 Å². The molecule has 146 valence electrons. The van der Waals surface area contributed by atoms with E-state index in [2.05, 4.69) is 9.94 Å². The van der Waals surface area contributed by atoms with E-state index in [1.54, 1.807) is 30.3 Å². The van der Waals surface area contributed by atoms with Gasteiger partial charge in [-0.1, -0.05) is 37.8 Å². The molecule has 1 saturated carbocycles. The molecule has 9 heteroatoms. The predicted molar refractivity (Wildman–Crippen MR) is 99.3 cm³/mol. The van der Waals surface area contributed by atoms with E-state index in [0.717, 1.165) is 36.9 Å². The van der Waals surface area contributed by atoms with Crippen molar-refractivity contribution >= 4 is 9.84 Å². The highest BCUT2D eigenvalue weighted by molar-refractivity contribution is 7.90. The SMILES string of the molecule is CS(=O)(=O)c1ccc(-c2cc(CO[N+](=O)[O-])nn2C2CCCCCC2)cc1. The van der Waals surface area contributed by atoms with E-state index in [9.17, 15) is 18.5 Å². The van der Waals surface area contributed by atoms with Crippen molar-refractivity contribution < 1.29 is 18.3 Å². The monoisotopic (exact) mass is 393 g/mol. The van der Waals surface area contributed by atoms with Crippen molar-refractivity contribution in [2.75, 3.05) is 6.26 Å². The molecule has 27 heavy (non-hydrogen) atoms. The Kier molecular flexibility index (Phi) is 5.79. The van der Waals surface area contributed by atoms with Crippen LogP contribution in [0, 0.1) is 10.1 Å². The van der Waals surface area contributed by atoms with Gasteiger partial charge in [-0.05, 0) is 36.6 Å². The summed E-state index contributed by atoms with van der Waals surface area (Å²) in [5.74, 6) is 0. The van der Waals surface area contributed by atoms with Gasteiger partial charge in [0.1, 0.15) is 6.61 Å². The molecule has 0 bridgehead atoms. The van der Waals surface area contributed by atoms with E-state index in [4.69, 9.17) is 0 Å². The van der Waals surface area contributed by atoms with Gasteiger partial charge in [-0.2, -0.15) is 5.10 Å². The Morgan fingerprint density at radius 3 is 2.37 bits per heavy atom. The van der Waals surface area contributed by atoms with E-state index in [1.165, 1.54) is 19.1 Å². The van der Waals surface area contributed by atoms with Crippen molar-refractivity contribution in [3.8, 4) is 11.3 Å². The van der Waals surface area contributed by atoms with E-state index in [-0.39, 0.29) is 17.5 Å². The van der Waals surface area contributed by atoms with E-state index >= 15 is 0 Å². The fourth-order valence-corrected chi connectivity index (χ4v) is 4.13. The van der Waals surface area contributed by atoms with Crippen molar-refractivity contribution in [3.63, 3.8) is 0 Å². The summed E-state index contributed by atoms with van der Waals surface area (Å²) in [6, 6.07) is 8.65. The normalized spacial score (nSPS) is 16.0. The average molecular weight is 393 g/mol. The van der Waals surface area contributed by atoms with Crippen LogP contribution in [0.25, 0.3) is 11.3 Å². The summed E-state index contributed by atoms with van der Waals surface area (Å²) < 4.78 is 25.3. The molecule has 0 unspecified atom stereocenters. The lowest BCUT2D eigenvalue weighted by Gasteiger charge is -2.18. The lowest BCUT2D eigenvalue weighted by molar-refractivity contribution is -0.763. The molecule has 0 atom stereocenters. The number of aromatic nitrogens is 2. The smallest absolute Gasteiger partial charge is 0.294 e. The first-order chi connectivity index (χ1) is 12.8. The van der Waals surface area contributed by atoms with Crippen molar-refractivity contribution in [1.82, 2.24) is 9.78 Å². The molecule has 2 aromatic rings. The molecule has 1 heterocycles. The molecule has 0 spiro atoms. The van der Waals surface area contributed by atoms with Gasteiger partial charge < -0.3 is 4.84 Å². The largest absolute Gasteiger partial charge is 0.307 e. The molecule has 0 radical (unpaired) electrons. The summed E-state index contributed by atoms with van der Waals surface area (Å²) in [6.45, 7) is -0.207. The van der Waals surface area contributed by atoms with Crippen LogP contribution < -0.4 is 0 Å². The van der Waals surface area contributed by atoms with Crippen molar-refractivity contribution in [1.29, 1.82) is 0 Å². The first kappa shape index (κ1) is 19.3. The third kappa shape index (κ3) is 4.85. The minimum atomic E-state index is -3.27. The van der Waals surface area contributed by atoms with Gasteiger partial charge in [0, 0.05) is 6.26 Å². The van der Waals surface area contributed by atoms with Gasteiger partial charge in [-0.3, -0.25) is 4.68 Å². The summed E-state index contributed by atoms with van der Waals surface area (Å²) in [4.78, 5) is 15.2. The molecule has 1 fully saturated rings. The number of hydrogen-bond acceptors (Lipinski definition) is 6. The number of sulfone groups is 1. The number of hydrogen-bond donors (Lipinski definition) is 0. The van der Waals surface area contributed by atoms with Crippen LogP contribution in [0.4, 0.5) is 0 Å². The second-order valence-electron chi connectivity index (χ2n) is 6.90. The molecule has 8 nitrogen and oxygen atoms in total. The molecular weight excluding hydrogens is 370 g/mol. The Labute approximate surface area is 158 Å². The second kappa shape index (κ2) is 8.08. The maximum atomic E-state index is 11.7. The minimum absolute atomic E-state index is 0.207. The van der Waals surface area contributed by atoms with Crippen molar-refractivity contribution in [2.45, 2.75) is 56.1 Å². The Balaban J connectivity index is 1.96. The molecule has 0 amide bonds. The highest BCUT2D eigenvalue weighted by Crippen LogP contribution is 2.32. The quantitative estimate of drug-likeness (QED) is 0.422. The first-order valence-electron chi connectivity index (χ1n) is 9.01. The molecule has 1 aliphatic rings. The van der Waals surface area contributed by atoms with Crippen LogP contribution in [0.3, 0.4) is 0 Å². The van der Waals surface area contributed by atoms with Gasteiger partial charge in [0.15, 0.2) is 9.84 Å². The lowest BCUT2D eigenvalue weighted by atomic mass is 10.1. The Bertz CT molecular complexity index is 898. The third-order valence-electron chi connectivity index (χ3n) is 4.85. The number of rotatable bonds is 6. The first-order valence-corrected chi connectivity index (χ1v) is 10.9. The molecule has 1 aromatic carbocycles. The topological polar surface area (TPSA) is 104 Å². The van der Waals surface area contributed by atoms with Gasteiger partial charge in [-0.15, -0.1) is 10.1 Å². The van der Waals surface area contributed by atoms with Crippen LogP contribution >= 0.6 is 0 Å². The van der Waals surface area contributed by atoms with Crippen LogP contribution in [-0.2, 0) is 21.3 Å². The summed E-state index contributed by atoms with van der Waals surface area (Å²) >= 11 is 0. The Hall–Kier alpha value is -2.42. The minimum Gasteiger partial charge on any atom is -0.307 e. The Morgan fingerprint density at radius 2 is 1.81 bits per heavy atom. The molecule has 0 aliphatic heterocycles. The molecule has 0 saturated heterocycles. The summed E-state index contributed by atoms with van der Waals surface area (Å²) in [5, 5.41) is 14.2. The molecule has 1 aromatic heterocycles. The molecule has 1 aliphatic carbocycles. The highest BCUT2D eigenvalue weighted by Gasteiger charge is 2.21. The zero-order valence-electron chi connectivity index (χ0n) is 15.2.